The van der Waals surface area contributed by atoms with Crippen molar-refractivity contribution in [1.29, 1.82) is 0 Å². The fraction of sp³-hybridized carbons (Fsp3) is 0.875. The second-order valence-electron chi connectivity index (χ2n) is 3.41. The summed E-state index contributed by atoms with van der Waals surface area (Å²) >= 11 is 0. The summed E-state index contributed by atoms with van der Waals surface area (Å²) in [5, 5.41) is 9.41. The molecule has 0 aromatic carbocycles. The number of fused-ring (bicyclic) bond motifs is 1. The van der Waals surface area contributed by atoms with Gasteiger partial charge < -0.3 is 14.6 Å². The molecule has 1 N–H and O–H groups in total. The number of aliphatic hydroxyl groups excluding tert-OH is 1. The van der Waals surface area contributed by atoms with E-state index in [1.54, 1.807) is 0 Å². The summed E-state index contributed by atoms with van der Waals surface area (Å²) in [6.07, 6.45) is 0.159. The molecular formula is C8H12O4. The predicted molar refractivity (Wildman–Crippen MR) is 39.4 cm³/mol. The Hall–Kier alpha value is -0.610. The number of carbonyl (C=O) groups is 1. The van der Waals surface area contributed by atoms with E-state index < -0.39 is 6.10 Å². The van der Waals surface area contributed by atoms with Crippen molar-refractivity contribution in [2.75, 3.05) is 6.61 Å². The summed E-state index contributed by atoms with van der Waals surface area (Å²) in [6, 6.07) is 0. The molecular weight excluding hydrogens is 160 g/mol. The van der Waals surface area contributed by atoms with Crippen molar-refractivity contribution in [3.8, 4) is 0 Å². The highest BCUT2D eigenvalue weighted by atomic mass is 16.6. The van der Waals surface area contributed by atoms with Gasteiger partial charge >= 0.3 is 5.97 Å². The van der Waals surface area contributed by atoms with Crippen molar-refractivity contribution in [2.45, 2.75) is 31.7 Å². The first-order valence-electron chi connectivity index (χ1n) is 4.15. The third-order valence-corrected chi connectivity index (χ3v) is 2.36. The monoisotopic (exact) mass is 172 g/mol. The lowest BCUT2D eigenvalue weighted by Crippen LogP contribution is -2.40. The minimum absolute atomic E-state index is 0.220. The summed E-state index contributed by atoms with van der Waals surface area (Å²) in [5.74, 6) is -0.0933. The molecule has 2 aliphatic rings. The first kappa shape index (κ1) is 8.01. The van der Waals surface area contributed by atoms with Crippen LogP contribution in [0.4, 0.5) is 0 Å². The standard InChI is InChI=1S/C8H12O4/c1-4(9)12-8-5-2-7(5)11-3-6(8)10/h5-8,10H,2-3H2,1H3/t5?,6-,7?,8-/m1/s1. The van der Waals surface area contributed by atoms with Gasteiger partial charge in [-0.25, -0.2) is 0 Å². The Morgan fingerprint density at radius 3 is 3.08 bits per heavy atom. The molecule has 2 rings (SSSR count). The van der Waals surface area contributed by atoms with E-state index in [0.717, 1.165) is 6.42 Å². The molecule has 4 heteroatoms. The minimum Gasteiger partial charge on any atom is -0.459 e. The Morgan fingerprint density at radius 1 is 1.67 bits per heavy atom. The minimum atomic E-state index is -0.641. The molecule has 12 heavy (non-hydrogen) atoms. The Morgan fingerprint density at radius 2 is 2.42 bits per heavy atom. The molecule has 1 heterocycles. The lowest BCUT2D eigenvalue weighted by atomic mass is 10.1. The van der Waals surface area contributed by atoms with Crippen LogP contribution in [0, 0.1) is 5.92 Å². The van der Waals surface area contributed by atoms with E-state index in [1.807, 2.05) is 0 Å². The quantitative estimate of drug-likeness (QED) is 0.551. The molecule has 2 fully saturated rings. The number of hydrogen-bond donors (Lipinski definition) is 1. The third-order valence-electron chi connectivity index (χ3n) is 2.36. The van der Waals surface area contributed by atoms with Crippen molar-refractivity contribution in [2.24, 2.45) is 5.92 Å². The van der Waals surface area contributed by atoms with Gasteiger partial charge in [-0.3, -0.25) is 4.79 Å². The number of esters is 1. The molecule has 4 atom stereocenters. The lowest BCUT2D eigenvalue weighted by Gasteiger charge is -2.26. The van der Waals surface area contributed by atoms with Crippen LogP contribution in [0.1, 0.15) is 13.3 Å². The summed E-state index contributed by atoms with van der Waals surface area (Å²) < 4.78 is 10.2. The SMILES string of the molecule is CC(=O)O[C@@H]1C2CC2OC[C@H]1O. The van der Waals surface area contributed by atoms with Crippen LogP contribution in [0.15, 0.2) is 0 Å². The predicted octanol–water partition coefficient (Wildman–Crippen LogP) is -0.302. The first-order chi connectivity index (χ1) is 5.68. The van der Waals surface area contributed by atoms with Crippen molar-refractivity contribution in [3.63, 3.8) is 0 Å². The highest BCUT2D eigenvalue weighted by molar-refractivity contribution is 5.66. The molecule has 1 saturated heterocycles. The van der Waals surface area contributed by atoms with E-state index in [1.165, 1.54) is 6.92 Å². The maximum absolute atomic E-state index is 10.6. The molecule has 0 aromatic rings. The fourth-order valence-corrected chi connectivity index (χ4v) is 1.69. The highest BCUT2D eigenvalue weighted by Crippen LogP contribution is 2.42. The molecule has 1 aliphatic carbocycles. The van der Waals surface area contributed by atoms with Gasteiger partial charge in [0.2, 0.25) is 0 Å². The van der Waals surface area contributed by atoms with Crippen LogP contribution in [-0.4, -0.2) is 36.0 Å². The van der Waals surface area contributed by atoms with E-state index in [9.17, 15) is 9.90 Å². The Bertz CT molecular complexity index is 201. The van der Waals surface area contributed by atoms with Gasteiger partial charge in [-0.2, -0.15) is 0 Å². The van der Waals surface area contributed by atoms with Gasteiger partial charge in [0.25, 0.3) is 0 Å². The zero-order chi connectivity index (χ0) is 8.72. The van der Waals surface area contributed by atoms with Gasteiger partial charge in [0.15, 0.2) is 0 Å². The maximum Gasteiger partial charge on any atom is 0.303 e. The van der Waals surface area contributed by atoms with E-state index in [2.05, 4.69) is 0 Å². The van der Waals surface area contributed by atoms with E-state index in [0.29, 0.717) is 6.61 Å². The van der Waals surface area contributed by atoms with Gasteiger partial charge in [-0.1, -0.05) is 0 Å². The number of hydrogen-bond acceptors (Lipinski definition) is 4. The summed E-state index contributed by atoms with van der Waals surface area (Å²) in [6.45, 7) is 1.65. The molecule has 0 amide bonds. The van der Waals surface area contributed by atoms with Gasteiger partial charge in [0, 0.05) is 12.8 Å². The second kappa shape index (κ2) is 2.71. The van der Waals surface area contributed by atoms with Gasteiger partial charge in [-0.15, -0.1) is 0 Å². The van der Waals surface area contributed by atoms with Crippen molar-refractivity contribution < 1.29 is 19.4 Å². The number of ether oxygens (including phenoxy) is 2. The zero-order valence-electron chi connectivity index (χ0n) is 6.90. The van der Waals surface area contributed by atoms with Gasteiger partial charge in [0.05, 0.1) is 12.7 Å². The molecule has 1 aliphatic heterocycles. The Balaban J connectivity index is 1.97. The van der Waals surface area contributed by atoms with Crippen molar-refractivity contribution in [1.82, 2.24) is 0 Å². The molecule has 2 unspecified atom stereocenters. The number of carbonyl (C=O) groups excluding carboxylic acids is 1. The normalized spacial score (nSPS) is 44.8. The van der Waals surface area contributed by atoms with Crippen LogP contribution in [-0.2, 0) is 14.3 Å². The molecule has 0 radical (unpaired) electrons. The topological polar surface area (TPSA) is 55.8 Å². The van der Waals surface area contributed by atoms with E-state index in [-0.39, 0.29) is 24.1 Å². The zero-order valence-corrected chi connectivity index (χ0v) is 6.90. The summed E-state index contributed by atoms with van der Waals surface area (Å²) in [5.41, 5.74) is 0. The van der Waals surface area contributed by atoms with E-state index >= 15 is 0 Å². The van der Waals surface area contributed by atoms with Crippen molar-refractivity contribution >= 4 is 5.97 Å². The van der Waals surface area contributed by atoms with Crippen LogP contribution in [0.25, 0.3) is 0 Å². The Labute approximate surface area is 70.5 Å². The summed E-state index contributed by atoms with van der Waals surface area (Å²) in [7, 11) is 0. The van der Waals surface area contributed by atoms with Crippen LogP contribution >= 0.6 is 0 Å². The fourth-order valence-electron chi connectivity index (χ4n) is 1.69. The van der Waals surface area contributed by atoms with Crippen LogP contribution < -0.4 is 0 Å². The van der Waals surface area contributed by atoms with Crippen LogP contribution in [0.2, 0.25) is 0 Å². The second-order valence-corrected chi connectivity index (χ2v) is 3.41. The van der Waals surface area contributed by atoms with E-state index in [4.69, 9.17) is 9.47 Å². The van der Waals surface area contributed by atoms with Gasteiger partial charge in [-0.05, 0) is 6.42 Å². The highest BCUT2D eigenvalue weighted by Gasteiger charge is 2.52. The molecule has 1 saturated carbocycles. The smallest absolute Gasteiger partial charge is 0.303 e. The van der Waals surface area contributed by atoms with Crippen LogP contribution in [0.3, 0.4) is 0 Å². The average molecular weight is 172 g/mol. The maximum atomic E-state index is 10.6. The molecule has 4 nitrogen and oxygen atoms in total. The number of rotatable bonds is 1. The Kier molecular flexibility index (Phi) is 1.81. The molecule has 68 valence electrons. The molecule has 0 bridgehead atoms. The third kappa shape index (κ3) is 1.32. The number of aliphatic hydroxyl groups is 1. The van der Waals surface area contributed by atoms with Gasteiger partial charge in [0.1, 0.15) is 12.2 Å². The lowest BCUT2D eigenvalue weighted by molar-refractivity contribution is -0.164. The molecule has 0 aromatic heterocycles. The average Bonchev–Trinajstić information content (AvgIpc) is 2.73. The van der Waals surface area contributed by atoms with Crippen molar-refractivity contribution in [3.05, 3.63) is 0 Å². The van der Waals surface area contributed by atoms with Crippen LogP contribution in [0.5, 0.6) is 0 Å². The summed E-state index contributed by atoms with van der Waals surface area (Å²) in [4.78, 5) is 10.6. The molecule has 0 spiro atoms. The largest absolute Gasteiger partial charge is 0.459 e. The first-order valence-corrected chi connectivity index (χ1v) is 4.15.